The molecule has 6 heteroatoms. The number of nitrogens with zero attached hydrogens (tertiary/aromatic N) is 5. The Morgan fingerprint density at radius 2 is 2.17 bits per heavy atom. The van der Waals surface area contributed by atoms with Gasteiger partial charge in [-0.05, 0) is 20.0 Å². The van der Waals surface area contributed by atoms with Crippen LogP contribution < -0.4 is 5.32 Å². The smallest absolute Gasteiger partial charge is 0.163 e. The molecule has 0 aliphatic rings. The fourth-order valence-corrected chi connectivity index (χ4v) is 2.03. The van der Waals surface area contributed by atoms with E-state index in [0.717, 1.165) is 42.2 Å². The Morgan fingerprint density at radius 3 is 2.83 bits per heavy atom. The summed E-state index contributed by atoms with van der Waals surface area (Å²) in [6.07, 6.45) is 2.92. The number of fused-ring (bicyclic) bond motifs is 1. The number of rotatable bonds is 5. The zero-order valence-corrected chi connectivity index (χ0v) is 11.4. The predicted molar refractivity (Wildman–Crippen MR) is 72.5 cm³/mol. The second kappa shape index (κ2) is 5.30. The number of aromatic nitrogens is 4. The minimum atomic E-state index is 0.754. The lowest BCUT2D eigenvalue weighted by Gasteiger charge is -2.14. The first-order valence-corrected chi connectivity index (χ1v) is 6.20. The van der Waals surface area contributed by atoms with Gasteiger partial charge in [0.25, 0.3) is 0 Å². The Balaban J connectivity index is 2.36. The van der Waals surface area contributed by atoms with Crippen LogP contribution in [-0.4, -0.2) is 45.3 Å². The van der Waals surface area contributed by atoms with E-state index in [1.165, 1.54) is 0 Å². The summed E-state index contributed by atoms with van der Waals surface area (Å²) in [5.74, 6) is 1.67. The van der Waals surface area contributed by atoms with Crippen molar-refractivity contribution >= 4 is 16.9 Å². The van der Waals surface area contributed by atoms with Gasteiger partial charge in [-0.25, -0.2) is 9.97 Å². The quantitative estimate of drug-likeness (QED) is 0.863. The van der Waals surface area contributed by atoms with Crippen molar-refractivity contribution in [2.75, 3.05) is 26.0 Å². The average molecular weight is 248 g/mol. The molecule has 0 aliphatic carbocycles. The van der Waals surface area contributed by atoms with Gasteiger partial charge in [-0.15, -0.1) is 0 Å². The first-order chi connectivity index (χ1) is 8.65. The molecule has 1 N–H and O–H groups in total. The molecule has 0 radical (unpaired) electrons. The molecule has 2 rings (SSSR count). The van der Waals surface area contributed by atoms with Crippen LogP contribution in [0.25, 0.3) is 11.0 Å². The molecule has 98 valence electrons. The number of anilines is 1. The topological polar surface area (TPSA) is 58.9 Å². The second-order valence-corrected chi connectivity index (χ2v) is 4.48. The maximum Gasteiger partial charge on any atom is 0.163 e. The van der Waals surface area contributed by atoms with E-state index in [-0.39, 0.29) is 0 Å². The molecule has 0 saturated heterocycles. The van der Waals surface area contributed by atoms with Crippen molar-refractivity contribution in [3.8, 4) is 0 Å². The minimum absolute atomic E-state index is 0.754. The molecule has 0 spiro atoms. The summed E-state index contributed by atoms with van der Waals surface area (Å²) in [6, 6.07) is 0. The van der Waals surface area contributed by atoms with Crippen molar-refractivity contribution in [1.82, 2.24) is 24.6 Å². The zero-order chi connectivity index (χ0) is 13.1. The van der Waals surface area contributed by atoms with Gasteiger partial charge in [0.15, 0.2) is 5.65 Å². The lowest BCUT2D eigenvalue weighted by molar-refractivity contribution is 0.319. The predicted octanol–water partition coefficient (Wildman–Crippen LogP) is 1.25. The van der Waals surface area contributed by atoms with Gasteiger partial charge in [-0.2, -0.15) is 5.10 Å². The average Bonchev–Trinajstić information content (AvgIpc) is 2.71. The molecule has 0 saturated carbocycles. The maximum absolute atomic E-state index is 4.57. The number of hydrogen-bond donors (Lipinski definition) is 1. The lowest BCUT2D eigenvalue weighted by Crippen LogP contribution is -2.20. The molecule has 0 aromatic carbocycles. The lowest BCUT2D eigenvalue weighted by atomic mass is 10.3. The Morgan fingerprint density at radius 1 is 1.39 bits per heavy atom. The van der Waals surface area contributed by atoms with Gasteiger partial charge in [0.2, 0.25) is 0 Å². The largest absolute Gasteiger partial charge is 0.372 e. The van der Waals surface area contributed by atoms with Gasteiger partial charge in [0, 0.05) is 14.1 Å². The molecule has 0 unspecified atom stereocenters. The van der Waals surface area contributed by atoms with Crippen molar-refractivity contribution < 1.29 is 0 Å². The Hall–Kier alpha value is -1.69. The summed E-state index contributed by atoms with van der Waals surface area (Å²) in [6.45, 7) is 3.96. The van der Waals surface area contributed by atoms with E-state index in [2.05, 4.69) is 39.3 Å². The monoisotopic (exact) mass is 248 g/mol. The van der Waals surface area contributed by atoms with E-state index >= 15 is 0 Å². The summed E-state index contributed by atoms with van der Waals surface area (Å²) in [7, 11) is 5.85. The third kappa shape index (κ3) is 2.43. The first-order valence-electron chi connectivity index (χ1n) is 6.20. The first kappa shape index (κ1) is 12.8. The third-order valence-corrected chi connectivity index (χ3v) is 2.89. The van der Waals surface area contributed by atoms with Crippen LogP contribution >= 0.6 is 0 Å². The summed E-state index contributed by atoms with van der Waals surface area (Å²) < 4.78 is 1.78. The van der Waals surface area contributed by atoms with Crippen LogP contribution in [0.4, 0.5) is 5.82 Å². The molecule has 0 amide bonds. The van der Waals surface area contributed by atoms with Gasteiger partial charge < -0.3 is 5.32 Å². The standard InChI is InChI=1S/C12H20N6/c1-5-6-17(3)8-10-15-11(13-2)9-7-14-18(4)12(9)16-10/h7H,5-6,8H2,1-4H3,(H,13,15,16). The Bertz CT molecular complexity index is 533. The maximum atomic E-state index is 4.57. The fraction of sp³-hybridized carbons (Fsp3) is 0.583. The highest BCUT2D eigenvalue weighted by Crippen LogP contribution is 2.19. The van der Waals surface area contributed by atoms with Gasteiger partial charge >= 0.3 is 0 Å². The molecule has 0 atom stereocenters. The molecule has 2 aromatic heterocycles. The van der Waals surface area contributed by atoms with Crippen LogP contribution in [0.5, 0.6) is 0 Å². The molecule has 0 aliphatic heterocycles. The second-order valence-electron chi connectivity index (χ2n) is 4.48. The van der Waals surface area contributed by atoms with Crippen LogP contribution in [0.1, 0.15) is 19.2 Å². The highest BCUT2D eigenvalue weighted by Gasteiger charge is 2.11. The molecule has 2 heterocycles. The van der Waals surface area contributed by atoms with Crippen molar-refractivity contribution in [2.24, 2.45) is 7.05 Å². The molecule has 0 bridgehead atoms. The van der Waals surface area contributed by atoms with Crippen LogP contribution in [0, 0.1) is 0 Å². The van der Waals surface area contributed by atoms with Crippen LogP contribution in [0.2, 0.25) is 0 Å². The van der Waals surface area contributed by atoms with Gasteiger partial charge in [-0.3, -0.25) is 9.58 Å². The summed E-state index contributed by atoms with van der Waals surface area (Å²) in [4.78, 5) is 11.3. The van der Waals surface area contributed by atoms with Crippen LogP contribution in [0.3, 0.4) is 0 Å². The molecular formula is C12H20N6. The summed E-state index contributed by atoms with van der Waals surface area (Å²) in [5.41, 5.74) is 0.870. The van der Waals surface area contributed by atoms with Crippen LogP contribution in [-0.2, 0) is 13.6 Å². The van der Waals surface area contributed by atoms with E-state index < -0.39 is 0 Å². The number of hydrogen-bond acceptors (Lipinski definition) is 5. The third-order valence-electron chi connectivity index (χ3n) is 2.89. The van der Waals surface area contributed by atoms with Crippen molar-refractivity contribution in [3.63, 3.8) is 0 Å². The van der Waals surface area contributed by atoms with Gasteiger partial charge in [0.05, 0.1) is 18.1 Å². The molecule has 2 aromatic rings. The zero-order valence-electron chi connectivity index (χ0n) is 11.4. The molecular weight excluding hydrogens is 228 g/mol. The van der Waals surface area contributed by atoms with Gasteiger partial charge in [0.1, 0.15) is 11.6 Å². The Labute approximate surface area is 107 Å². The van der Waals surface area contributed by atoms with E-state index in [1.54, 1.807) is 10.9 Å². The van der Waals surface area contributed by atoms with Crippen molar-refractivity contribution in [1.29, 1.82) is 0 Å². The van der Waals surface area contributed by atoms with E-state index in [1.807, 2.05) is 14.1 Å². The minimum Gasteiger partial charge on any atom is -0.372 e. The number of aryl methyl sites for hydroxylation is 1. The van der Waals surface area contributed by atoms with Crippen molar-refractivity contribution in [3.05, 3.63) is 12.0 Å². The van der Waals surface area contributed by atoms with E-state index in [0.29, 0.717) is 0 Å². The number of nitrogens with one attached hydrogen (secondary N) is 1. The molecule has 18 heavy (non-hydrogen) atoms. The molecule has 0 fully saturated rings. The SMILES string of the molecule is CCCN(C)Cc1nc(NC)c2cnn(C)c2n1. The van der Waals surface area contributed by atoms with Crippen LogP contribution in [0.15, 0.2) is 6.20 Å². The highest BCUT2D eigenvalue weighted by atomic mass is 15.3. The molecule has 6 nitrogen and oxygen atoms in total. The fourth-order valence-electron chi connectivity index (χ4n) is 2.03. The van der Waals surface area contributed by atoms with Crippen molar-refractivity contribution in [2.45, 2.75) is 19.9 Å². The summed E-state index contributed by atoms with van der Waals surface area (Å²) in [5, 5.41) is 8.29. The highest BCUT2D eigenvalue weighted by molar-refractivity contribution is 5.86. The van der Waals surface area contributed by atoms with E-state index in [4.69, 9.17) is 0 Å². The summed E-state index contributed by atoms with van der Waals surface area (Å²) >= 11 is 0. The van der Waals surface area contributed by atoms with Gasteiger partial charge in [-0.1, -0.05) is 6.92 Å². The van der Waals surface area contributed by atoms with E-state index in [9.17, 15) is 0 Å². The normalized spacial score (nSPS) is 11.4. The Kier molecular flexibility index (Phi) is 3.76.